The highest BCUT2D eigenvalue weighted by molar-refractivity contribution is 9.10. The van der Waals surface area contributed by atoms with Gasteiger partial charge in [0.1, 0.15) is 22.9 Å². The summed E-state index contributed by atoms with van der Waals surface area (Å²) in [6, 6.07) is 5.11. The Hall–Kier alpha value is -1.67. The number of carbonyl (C=O) groups is 2. The first-order chi connectivity index (χ1) is 11.5. The number of hydrogen-bond acceptors (Lipinski definition) is 5. The number of nitrogens with one attached hydrogen (secondary N) is 2. The van der Waals surface area contributed by atoms with E-state index in [2.05, 4.69) is 26.6 Å². The Balaban J connectivity index is 1.69. The first-order valence-electron chi connectivity index (χ1n) is 7.59. The number of hydrogen-bond donors (Lipinski definition) is 2. The van der Waals surface area contributed by atoms with E-state index >= 15 is 0 Å². The van der Waals surface area contributed by atoms with Gasteiger partial charge in [-0.1, -0.05) is 34.2 Å². The quantitative estimate of drug-likeness (QED) is 0.587. The number of amides is 2. The molecule has 0 radical (unpaired) electrons. The van der Waals surface area contributed by atoms with Crippen LogP contribution in [0, 0.1) is 5.92 Å². The fourth-order valence-corrected chi connectivity index (χ4v) is 4.13. The largest absolute Gasteiger partial charge is 0.497 e. The highest BCUT2D eigenvalue weighted by atomic mass is 79.9. The molecule has 1 aliphatic heterocycles. The molecule has 1 saturated heterocycles. The molecule has 2 aliphatic rings. The third-order valence-electron chi connectivity index (χ3n) is 4.54. The van der Waals surface area contributed by atoms with Crippen LogP contribution < -0.4 is 15.4 Å². The van der Waals surface area contributed by atoms with Crippen molar-refractivity contribution in [2.75, 3.05) is 7.11 Å². The first-order valence-corrected chi connectivity index (χ1v) is 8.79. The normalized spacial score (nSPS) is 25.5. The summed E-state index contributed by atoms with van der Waals surface area (Å²) in [6.07, 6.45) is 2.11. The van der Waals surface area contributed by atoms with Gasteiger partial charge < -0.3 is 20.1 Å². The molecule has 0 aromatic heterocycles. The van der Waals surface area contributed by atoms with Crippen LogP contribution in [-0.2, 0) is 16.1 Å². The van der Waals surface area contributed by atoms with Crippen molar-refractivity contribution >= 4 is 45.1 Å². The minimum atomic E-state index is -0.791. The summed E-state index contributed by atoms with van der Waals surface area (Å²) in [5.74, 6) is -0.0840. The van der Waals surface area contributed by atoms with Crippen LogP contribution in [0.25, 0.3) is 0 Å². The summed E-state index contributed by atoms with van der Waals surface area (Å²) in [4.78, 5) is 24.5. The number of esters is 1. The number of rotatable bonds is 4. The van der Waals surface area contributed by atoms with Crippen molar-refractivity contribution < 1.29 is 19.1 Å². The highest BCUT2D eigenvalue weighted by Crippen LogP contribution is 2.39. The van der Waals surface area contributed by atoms with Crippen LogP contribution in [0.15, 0.2) is 22.7 Å². The van der Waals surface area contributed by atoms with Crippen LogP contribution in [0.3, 0.4) is 0 Å². The predicted octanol–water partition coefficient (Wildman–Crippen LogP) is 2.68. The van der Waals surface area contributed by atoms with E-state index in [0.717, 1.165) is 22.2 Å². The second-order valence-corrected chi connectivity index (χ2v) is 7.15. The van der Waals surface area contributed by atoms with Gasteiger partial charge >= 0.3 is 12.0 Å². The molecule has 2 N–H and O–H groups in total. The van der Waals surface area contributed by atoms with Gasteiger partial charge in [-0.15, -0.1) is 0 Å². The van der Waals surface area contributed by atoms with Gasteiger partial charge in [-0.2, -0.15) is 0 Å². The molecule has 1 aromatic carbocycles. The number of ether oxygens (including phenoxy) is 2. The van der Waals surface area contributed by atoms with Crippen molar-refractivity contribution in [1.82, 2.24) is 10.6 Å². The van der Waals surface area contributed by atoms with E-state index in [-0.39, 0.29) is 18.6 Å². The van der Waals surface area contributed by atoms with Crippen molar-refractivity contribution in [3.63, 3.8) is 0 Å². The number of thiocarbonyl (C=S) groups is 1. The minimum absolute atomic E-state index is 0.143. The number of benzene rings is 1. The lowest BCUT2D eigenvalue weighted by Crippen LogP contribution is -2.52. The van der Waals surface area contributed by atoms with Gasteiger partial charge in [0.05, 0.1) is 13.0 Å². The lowest BCUT2D eigenvalue weighted by atomic mass is 9.88. The second-order valence-electron chi connectivity index (χ2n) is 5.89. The summed E-state index contributed by atoms with van der Waals surface area (Å²) >= 11 is 8.71. The Morgan fingerprint density at radius 3 is 2.92 bits per heavy atom. The molecular weight excluding hydrogens is 396 g/mol. The maximum Gasteiger partial charge on any atom is 0.320 e. The van der Waals surface area contributed by atoms with Gasteiger partial charge in [0.25, 0.3) is 0 Å². The molecule has 1 aliphatic carbocycles. The number of urea groups is 1. The maximum absolute atomic E-state index is 12.6. The standard InChI is InChI=1S/C16H17BrN2O4S/c1-22-10-5-4-9(12(17)7-10)8-23-13(20)11-3-2-6-16(11)14(24)18-15(21)19-16/h4-5,7,11H,2-3,6,8H2,1H3,(H2,18,19,21,24). The molecule has 1 spiro atoms. The molecule has 2 unspecified atom stereocenters. The smallest absolute Gasteiger partial charge is 0.320 e. The van der Waals surface area contributed by atoms with E-state index < -0.39 is 11.5 Å². The van der Waals surface area contributed by atoms with E-state index in [1.165, 1.54) is 0 Å². The van der Waals surface area contributed by atoms with E-state index in [9.17, 15) is 9.59 Å². The average molecular weight is 413 g/mol. The number of carbonyl (C=O) groups excluding carboxylic acids is 2. The zero-order chi connectivity index (χ0) is 17.3. The van der Waals surface area contributed by atoms with Gasteiger partial charge in [0, 0.05) is 10.0 Å². The second kappa shape index (κ2) is 6.68. The lowest BCUT2D eigenvalue weighted by Gasteiger charge is -2.28. The topological polar surface area (TPSA) is 76.7 Å². The molecule has 24 heavy (non-hydrogen) atoms. The van der Waals surface area contributed by atoms with E-state index in [4.69, 9.17) is 21.7 Å². The summed E-state index contributed by atoms with van der Waals surface area (Å²) in [6.45, 7) is 0.143. The Morgan fingerprint density at radius 1 is 1.50 bits per heavy atom. The molecule has 2 atom stereocenters. The number of halogens is 1. The Labute approximate surface area is 153 Å². The Morgan fingerprint density at radius 2 is 2.29 bits per heavy atom. The van der Waals surface area contributed by atoms with Gasteiger partial charge in [-0.3, -0.25) is 4.79 Å². The maximum atomic E-state index is 12.6. The summed E-state index contributed by atoms with van der Waals surface area (Å²) in [5.41, 5.74) is 0.0491. The zero-order valence-corrected chi connectivity index (χ0v) is 15.5. The van der Waals surface area contributed by atoms with E-state index in [1.54, 1.807) is 13.2 Å². The van der Waals surface area contributed by atoms with Crippen molar-refractivity contribution in [2.24, 2.45) is 5.92 Å². The third kappa shape index (κ3) is 3.00. The molecule has 1 heterocycles. The van der Waals surface area contributed by atoms with E-state index in [0.29, 0.717) is 17.8 Å². The van der Waals surface area contributed by atoms with Crippen LogP contribution in [0.2, 0.25) is 0 Å². The number of methoxy groups -OCH3 is 1. The minimum Gasteiger partial charge on any atom is -0.497 e. The molecule has 1 saturated carbocycles. The molecule has 1 aromatic rings. The van der Waals surface area contributed by atoms with Crippen molar-refractivity contribution in [2.45, 2.75) is 31.4 Å². The van der Waals surface area contributed by atoms with Crippen LogP contribution in [0.4, 0.5) is 4.79 Å². The SMILES string of the molecule is COc1ccc(COC(=O)C2CCCC23NC(=O)NC3=S)c(Br)c1. The fraction of sp³-hybridized carbons (Fsp3) is 0.438. The third-order valence-corrected chi connectivity index (χ3v) is 5.75. The molecule has 128 valence electrons. The highest BCUT2D eigenvalue weighted by Gasteiger charge is 2.55. The zero-order valence-electron chi connectivity index (χ0n) is 13.1. The summed E-state index contributed by atoms with van der Waals surface area (Å²) < 4.78 is 11.4. The summed E-state index contributed by atoms with van der Waals surface area (Å²) in [5, 5.41) is 5.40. The molecule has 6 nitrogen and oxygen atoms in total. The van der Waals surface area contributed by atoms with Gasteiger partial charge in [-0.05, 0) is 31.4 Å². The van der Waals surface area contributed by atoms with Gasteiger partial charge in [0.2, 0.25) is 0 Å². The molecular formula is C16H17BrN2O4S. The van der Waals surface area contributed by atoms with Crippen molar-refractivity contribution in [3.05, 3.63) is 28.2 Å². The molecule has 2 fully saturated rings. The van der Waals surface area contributed by atoms with Crippen LogP contribution in [0.1, 0.15) is 24.8 Å². The van der Waals surface area contributed by atoms with Gasteiger partial charge in [0.15, 0.2) is 0 Å². The van der Waals surface area contributed by atoms with Crippen LogP contribution >= 0.6 is 28.1 Å². The van der Waals surface area contributed by atoms with E-state index in [1.807, 2.05) is 12.1 Å². The average Bonchev–Trinajstić information content (AvgIpc) is 3.09. The van der Waals surface area contributed by atoms with Crippen LogP contribution in [-0.4, -0.2) is 29.6 Å². The molecule has 8 heteroatoms. The van der Waals surface area contributed by atoms with Crippen molar-refractivity contribution in [1.29, 1.82) is 0 Å². The Kier molecular flexibility index (Phi) is 4.78. The van der Waals surface area contributed by atoms with Crippen molar-refractivity contribution in [3.8, 4) is 5.75 Å². The molecule has 2 amide bonds. The van der Waals surface area contributed by atoms with Gasteiger partial charge in [-0.25, -0.2) is 4.79 Å². The fourth-order valence-electron chi connectivity index (χ4n) is 3.27. The molecule has 0 bridgehead atoms. The Bertz CT molecular complexity index is 711. The first kappa shape index (κ1) is 17.2. The monoisotopic (exact) mass is 412 g/mol. The lowest BCUT2D eigenvalue weighted by molar-refractivity contribution is -0.150. The van der Waals surface area contributed by atoms with Crippen LogP contribution in [0.5, 0.6) is 5.75 Å². The summed E-state index contributed by atoms with van der Waals surface area (Å²) in [7, 11) is 1.59. The molecule has 3 rings (SSSR count). The predicted molar refractivity (Wildman–Crippen MR) is 94.8 cm³/mol.